The van der Waals surface area contributed by atoms with Gasteiger partial charge >= 0.3 is 5.97 Å². The summed E-state index contributed by atoms with van der Waals surface area (Å²) >= 11 is 0. The summed E-state index contributed by atoms with van der Waals surface area (Å²) in [6.07, 6.45) is 16.5. The number of carbonyl (C=O) groups is 1. The van der Waals surface area contributed by atoms with Crippen LogP contribution in [0.3, 0.4) is 0 Å². The van der Waals surface area contributed by atoms with Gasteiger partial charge in [-0.1, -0.05) is 58.8 Å². The van der Waals surface area contributed by atoms with Crippen molar-refractivity contribution in [1.82, 2.24) is 4.98 Å². The average molecular weight is 346 g/mol. The number of hydrogen-bond acceptors (Lipinski definition) is 3. The zero-order valence-electron chi connectivity index (χ0n) is 16.1. The summed E-state index contributed by atoms with van der Waals surface area (Å²) in [4.78, 5) is 16.6. The highest BCUT2D eigenvalue weighted by Crippen LogP contribution is 2.33. The molecule has 3 nitrogen and oxygen atoms in total. The minimum absolute atomic E-state index is 0.0657. The fraction of sp³-hybridized carbons (Fsp3) is 0.727. The van der Waals surface area contributed by atoms with Crippen molar-refractivity contribution in [3.05, 3.63) is 24.0 Å². The second kappa shape index (κ2) is 11.3. The molecule has 0 saturated heterocycles. The molecule has 3 heteroatoms. The zero-order chi connectivity index (χ0) is 17.9. The first-order chi connectivity index (χ1) is 12.2. The number of ether oxygens (including phenoxy) is 1. The van der Waals surface area contributed by atoms with E-state index in [4.69, 9.17) is 4.74 Å². The van der Waals surface area contributed by atoms with E-state index in [0.29, 0.717) is 5.75 Å². The topological polar surface area (TPSA) is 39.2 Å². The first-order valence-corrected chi connectivity index (χ1v) is 10.4. The van der Waals surface area contributed by atoms with Gasteiger partial charge in [0.2, 0.25) is 0 Å². The lowest BCUT2D eigenvalue weighted by Crippen LogP contribution is -2.25. The number of hydrogen-bond donors (Lipinski definition) is 0. The van der Waals surface area contributed by atoms with Crippen molar-refractivity contribution in [3.8, 4) is 5.75 Å². The molecule has 1 aliphatic carbocycles. The van der Waals surface area contributed by atoms with E-state index in [1.54, 1.807) is 6.20 Å². The average Bonchev–Trinajstić information content (AvgIpc) is 2.65. The molecule has 1 saturated carbocycles. The fourth-order valence-corrected chi connectivity index (χ4v) is 3.78. The Kier molecular flexibility index (Phi) is 8.99. The molecule has 1 heterocycles. The molecule has 0 radical (unpaired) electrons. The minimum Gasteiger partial charge on any atom is -0.425 e. The SMILES string of the molecule is CCCCCCCCC1CCC(C(=O)Oc2ccc(CC)nc2)CC1. The van der Waals surface area contributed by atoms with Crippen molar-refractivity contribution in [2.45, 2.75) is 90.9 Å². The third-order valence-corrected chi connectivity index (χ3v) is 5.52. The van der Waals surface area contributed by atoms with Crippen molar-refractivity contribution < 1.29 is 9.53 Å². The van der Waals surface area contributed by atoms with Crippen LogP contribution in [0.15, 0.2) is 18.3 Å². The summed E-state index contributed by atoms with van der Waals surface area (Å²) in [5.74, 6) is 1.41. The Balaban J connectivity index is 1.62. The van der Waals surface area contributed by atoms with Crippen molar-refractivity contribution in [1.29, 1.82) is 0 Å². The molecule has 0 aromatic carbocycles. The molecule has 0 unspecified atom stereocenters. The van der Waals surface area contributed by atoms with Crippen LogP contribution in [-0.2, 0) is 11.2 Å². The Morgan fingerprint density at radius 2 is 1.76 bits per heavy atom. The Hall–Kier alpha value is -1.38. The van der Waals surface area contributed by atoms with Crippen LogP contribution in [0, 0.1) is 11.8 Å². The number of aryl methyl sites for hydroxylation is 1. The van der Waals surface area contributed by atoms with E-state index in [0.717, 1.165) is 30.9 Å². The molecule has 0 aliphatic heterocycles. The Morgan fingerprint density at radius 1 is 1.04 bits per heavy atom. The summed E-state index contributed by atoms with van der Waals surface area (Å²) in [5, 5.41) is 0. The number of aromatic nitrogens is 1. The second-order valence-corrected chi connectivity index (χ2v) is 7.53. The monoisotopic (exact) mass is 345 g/mol. The standard InChI is InChI=1S/C22H35NO2/c1-3-5-6-7-8-9-10-18-11-13-19(14-12-18)22(24)25-21-16-15-20(4-2)23-17-21/h15-19H,3-14H2,1-2H3. The van der Waals surface area contributed by atoms with Crippen LogP contribution in [0.2, 0.25) is 0 Å². The smallest absolute Gasteiger partial charge is 0.314 e. The molecule has 0 atom stereocenters. The third kappa shape index (κ3) is 7.17. The lowest BCUT2D eigenvalue weighted by molar-refractivity contribution is -0.140. The molecule has 1 aromatic heterocycles. The second-order valence-electron chi connectivity index (χ2n) is 7.53. The third-order valence-electron chi connectivity index (χ3n) is 5.52. The Labute approximate surface area is 153 Å². The molecular weight excluding hydrogens is 310 g/mol. The Morgan fingerprint density at radius 3 is 2.40 bits per heavy atom. The highest BCUT2D eigenvalue weighted by molar-refractivity contribution is 5.75. The molecule has 0 spiro atoms. The van der Waals surface area contributed by atoms with Gasteiger partial charge in [0.05, 0.1) is 12.1 Å². The van der Waals surface area contributed by atoms with Gasteiger partial charge in [0.15, 0.2) is 0 Å². The Bertz CT molecular complexity index is 489. The van der Waals surface area contributed by atoms with Crippen LogP contribution in [0.5, 0.6) is 5.75 Å². The molecule has 0 N–H and O–H groups in total. The van der Waals surface area contributed by atoms with Crippen LogP contribution >= 0.6 is 0 Å². The van der Waals surface area contributed by atoms with Gasteiger partial charge in [-0.15, -0.1) is 0 Å². The van der Waals surface area contributed by atoms with Gasteiger partial charge in [0.25, 0.3) is 0 Å². The van der Waals surface area contributed by atoms with Crippen molar-refractivity contribution >= 4 is 5.97 Å². The number of nitrogens with zero attached hydrogens (tertiary/aromatic N) is 1. The van der Waals surface area contributed by atoms with Crippen LogP contribution in [0.25, 0.3) is 0 Å². The number of esters is 1. The van der Waals surface area contributed by atoms with Gasteiger partial charge in [0, 0.05) is 5.69 Å². The molecular formula is C22H35NO2. The molecule has 2 rings (SSSR count). The zero-order valence-corrected chi connectivity index (χ0v) is 16.1. The molecule has 140 valence electrons. The van der Waals surface area contributed by atoms with Gasteiger partial charge < -0.3 is 4.74 Å². The molecule has 25 heavy (non-hydrogen) atoms. The number of unbranched alkanes of at least 4 members (excludes halogenated alkanes) is 5. The highest BCUT2D eigenvalue weighted by atomic mass is 16.5. The number of carbonyl (C=O) groups excluding carboxylic acids is 1. The van der Waals surface area contributed by atoms with E-state index in [9.17, 15) is 4.79 Å². The lowest BCUT2D eigenvalue weighted by atomic mass is 9.80. The predicted octanol–water partition coefficient (Wildman–Crippen LogP) is 6.11. The van der Waals surface area contributed by atoms with Gasteiger partial charge in [-0.2, -0.15) is 0 Å². The molecule has 1 fully saturated rings. The van der Waals surface area contributed by atoms with E-state index in [1.165, 1.54) is 57.8 Å². The molecule has 0 bridgehead atoms. The number of pyridine rings is 1. The van der Waals surface area contributed by atoms with Crippen LogP contribution in [-0.4, -0.2) is 11.0 Å². The predicted molar refractivity (Wildman–Crippen MR) is 103 cm³/mol. The summed E-state index contributed by atoms with van der Waals surface area (Å²) in [5.41, 5.74) is 1.02. The normalized spacial score (nSPS) is 20.4. The first kappa shape index (κ1) is 19.9. The number of rotatable bonds is 10. The van der Waals surface area contributed by atoms with Crippen LogP contribution in [0.4, 0.5) is 0 Å². The van der Waals surface area contributed by atoms with Crippen molar-refractivity contribution in [2.75, 3.05) is 0 Å². The maximum Gasteiger partial charge on any atom is 0.314 e. The van der Waals surface area contributed by atoms with Crippen LogP contribution in [0.1, 0.15) is 90.2 Å². The van der Waals surface area contributed by atoms with Gasteiger partial charge in [-0.05, 0) is 50.2 Å². The van der Waals surface area contributed by atoms with E-state index >= 15 is 0 Å². The highest BCUT2D eigenvalue weighted by Gasteiger charge is 2.27. The van der Waals surface area contributed by atoms with Crippen molar-refractivity contribution in [3.63, 3.8) is 0 Å². The maximum absolute atomic E-state index is 12.3. The largest absolute Gasteiger partial charge is 0.425 e. The summed E-state index contributed by atoms with van der Waals surface area (Å²) < 4.78 is 5.52. The van der Waals surface area contributed by atoms with Crippen molar-refractivity contribution in [2.24, 2.45) is 11.8 Å². The fourth-order valence-electron chi connectivity index (χ4n) is 3.78. The molecule has 0 amide bonds. The van der Waals surface area contributed by atoms with E-state index in [-0.39, 0.29) is 11.9 Å². The molecule has 1 aliphatic rings. The van der Waals surface area contributed by atoms with E-state index in [2.05, 4.69) is 18.8 Å². The summed E-state index contributed by atoms with van der Waals surface area (Å²) in [7, 11) is 0. The van der Waals surface area contributed by atoms with Gasteiger partial charge in [0.1, 0.15) is 5.75 Å². The van der Waals surface area contributed by atoms with Crippen LogP contribution < -0.4 is 4.74 Å². The molecule has 1 aromatic rings. The summed E-state index contributed by atoms with van der Waals surface area (Å²) in [6, 6.07) is 3.79. The van der Waals surface area contributed by atoms with E-state index in [1.807, 2.05) is 12.1 Å². The van der Waals surface area contributed by atoms with Gasteiger partial charge in [-0.25, -0.2) is 0 Å². The maximum atomic E-state index is 12.3. The minimum atomic E-state index is -0.0657. The van der Waals surface area contributed by atoms with Gasteiger partial charge in [-0.3, -0.25) is 9.78 Å². The quantitative estimate of drug-likeness (QED) is 0.379. The first-order valence-electron chi connectivity index (χ1n) is 10.4. The van der Waals surface area contributed by atoms with E-state index < -0.39 is 0 Å². The summed E-state index contributed by atoms with van der Waals surface area (Å²) in [6.45, 7) is 4.33. The lowest BCUT2D eigenvalue weighted by Gasteiger charge is -2.27.